The van der Waals surface area contributed by atoms with Crippen LogP contribution in [0.4, 0.5) is 0 Å². The molecule has 0 radical (unpaired) electrons. The predicted octanol–water partition coefficient (Wildman–Crippen LogP) is 2.04. The molecule has 0 aliphatic carbocycles. The molecule has 1 N–H and O–H groups in total. The topological polar surface area (TPSA) is 86.6 Å². The van der Waals surface area contributed by atoms with Gasteiger partial charge < -0.3 is 24.2 Å². The monoisotopic (exact) mass is 323 g/mol. The lowest BCUT2D eigenvalue weighted by atomic mass is 10.2. The van der Waals surface area contributed by atoms with Crippen LogP contribution < -0.4 is 4.74 Å². The van der Waals surface area contributed by atoms with Gasteiger partial charge in [0.05, 0.1) is 19.4 Å². The van der Waals surface area contributed by atoms with E-state index in [1.165, 1.54) is 0 Å². The summed E-state index contributed by atoms with van der Waals surface area (Å²) in [4.78, 5) is 15.4. The zero-order valence-corrected chi connectivity index (χ0v) is 12.8. The van der Waals surface area contributed by atoms with Crippen molar-refractivity contribution in [3.05, 3.63) is 29.8 Å². The van der Waals surface area contributed by atoms with Crippen LogP contribution in [0.1, 0.15) is 24.8 Å². The van der Waals surface area contributed by atoms with E-state index in [4.69, 9.17) is 24.2 Å². The molecule has 1 aromatic rings. The van der Waals surface area contributed by atoms with E-state index in [9.17, 15) is 4.79 Å². The standard InChI is InChI=1S/C16H21NO6/c18-15(19)6-1-2-7-23-17-11-13-4-3-5-14(10-13)22-12-16-20-8-9-21-16/h3-5,10-11,16H,1-2,6-9,12H2,(H,18,19). The highest BCUT2D eigenvalue weighted by Crippen LogP contribution is 2.14. The normalized spacial score (nSPS) is 15.1. The Balaban J connectivity index is 1.67. The maximum atomic E-state index is 10.3. The van der Waals surface area contributed by atoms with Crippen LogP contribution >= 0.6 is 0 Å². The van der Waals surface area contributed by atoms with Crippen molar-refractivity contribution in [3.8, 4) is 5.75 Å². The number of hydrogen-bond donors (Lipinski definition) is 1. The van der Waals surface area contributed by atoms with Gasteiger partial charge in [0.2, 0.25) is 0 Å². The minimum atomic E-state index is -0.793. The van der Waals surface area contributed by atoms with Crippen LogP contribution in [0, 0.1) is 0 Å². The zero-order valence-electron chi connectivity index (χ0n) is 12.8. The van der Waals surface area contributed by atoms with Gasteiger partial charge in [-0.1, -0.05) is 17.3 Å². The van der Waals surface area contributed by atoms with E-state index in [-0.39, 0.29) is 12.7 Å². The summed E-state index contributed by atoms with van der Waals surface area (Å²) < 4.78 is 16.2. The van der Waals surface area contributed by atoms with E-state index in [0.29, 0.717) is 45.0 Å². The van der Waals surface area contributed by atoms with E-state index in [1.54, 1.807) is 6.21 Å². The third-order valence-corrected chi connectivity index (χ3v) is 3.09. The molecule has 126 valence electrons. The molecule has 7 nitrogen and oxygen atoms in total. The summed E-state index contributed by atoms with van der Waals surface area (Å²) in [6.45, 7) is 1.95. The van der Waals surface area contributed by atoms with Crippen LogP contribution in [0.3, 0.4) is 0 Å². The molecule has 0 aromatic heterocycles. The van der Waals surface area contributed by atoms with Crippen molar-refractivity contribution in [2.75, 3.05) is 26.4 Å². The van der Waals surface area contributed by atoms with Gasteiger partial charge in [-0.05, 0) is 30.5 Å². The van der Waals surface area contributed by atoms with Crippen LogP contribution in [0.15, 0.2) is 29.4 Å². The van der Waals surface area contributed by atoms with E-state index < -0.39 is 5.97 Å². The maximum absolute atomic E-state index is 10.3. The number of carboxylic acids is 1. The fraction of sp³-hybridized carbons (Fsp3) is 0.500. The van der Waals surface area contributed by atoms with E-state index in [1.807, 2.05) is 24.3 Å². The maximum Gasteiger partial charge on any atom is 0.303 e. The number of carboxylic acid groups (broad SMARTS) is 1. The van der Waals surface area contributed by atoms with Gasteiger partial charge in [0.25, 0.3) is 0 Å². The third-order valence-electron chi connectivity index (χ3n) is 3.09. The number of ether oxygens (including phenoxy) is 3. The second-order valence-electron chi connectivity index (χ2n) is 4.97. The lowest BCUT2D eigenvalue weighted by Gasteiger charge is -2.11. The van der Waals surface area contributed by atoms with Crippen molar-refractivity contribution >= 4 is 12.2 Å². The highest BCUT2D eigenvalue weighted by molar-refractivity contribution is 5.79. The fourth-order valence-corrected chi connectivity index (χ4v) is 1.95. The van der Waals surface area contributed by atoms with E-state index in [0.717, 1.165) is 5.56 Å². The fourth-order valence-electron chi connectivity index (χ4n) is 1.95. The molecule has 7 heteroatoms. The van der Waals surface area contributed by atoms with E-state index in [2.05, 4.69) is 5.16 Å². The number of hydrogen-bond acceptors (Lipinski definition) is 6. The number of carbonyl (C=O) groups is 1. The Morgan fingerprint density at radius 1 is 1.35 bits per heavy atom. The van der Waals surface area contributed by atoms with Crippen LogP contribution in [0.2, 0.25) is 0 Å². The minimum Gasteiger partial charge on any atom is -0.488 e. The molecule has 0 atom stereocenters. The van der Waals surface area contributed by atoms with Gasteiger partial charge in [-0.15, -0.1) is 0 Å². The van der Waals surface area contributed by atoms with Crippen molar-refractivity contribution < 1.29 is 28.9 Å². The second-order valence-corrected chi connectivity index (χ2v) is 4.97. The molecule has 0 amide bonds. The van der Waals surface area contributed by atoms with Gasteiger partial charge in [-0.2, -0.15) is 0 Å². The van der Waals surface area contributed by atoms with Crippen molar-refractivity contribution in [2.45, 2.75) is 25.6 Å². The highest BCUT2D eigenvalue weighted by atomic mass is 16.7. The molecule has 1 saturated heterocycles. The summed E-state index contributed by atoms with van der Waals surface area (Å²) in [7, 11) is 0. The number of nitrogens with zero attached hydrogens (tertiary/aromatic N) is 1. The first-order valence-electron chi connectivity index (χ1n) is 7.57. The molecule has 1 aliphatic heterocycles. The molecule has 2 rings (SSSR count). The summed E-state index contributed by atoms with van der Waals surface area (Å²) in [5.41, 5.74) is 0.848. The zero-order chi connectivity index (χ0) is 16.3. The Morgan fingerprint density at radius 2 is 2.17 bits per heavy atom. The Bertz CT molecular complexity index is 513. The van der Waals surface area contributed by atoms with Gasteiger partial charge in [0.1, 0.15) is 19.0 Å². The Morgan fingerprint density at radius 3 is 2.96 bits per heavy atom. The molecule has 1 heterocycles. The second kappa shape index (κ2) is 9.81. The lowest BCUT2D eigenvalue weighted by Crippen LogP contribution is -2.18. The number of oxime groups is 1. The molecule has 23 heavy (non-hydrogen) atoms. The molecule has 0 unspecified atom stereocenters. The summed E-state index contributed by atoms with van der Waals surface area (Å²) >= 11 is 0. The van der Waals surface area contributed by atoms with Crippen molar-refractivity contribution in [3.63, 3.8) is 0 Å². The quantitative estimate of drug-likeness (QED) is 0.403. The minimum absolute atomic E-state index is 0.154. The predicted molar refractivity (Wildman–Crippen MR) is 82.7 cm³/mol. The molecule has 1 aliphatic rings. The van der Waals surface area contributed by atoms with Crippen LogP contribution in [-0.4, -0.2) is 50.0 Å². The van der Waals surface area contributed by atoms with E-state index >= 15 is 0 Å². The van der Waals surface area contributed by atoms with Gasteiger partial charge in [0.15, 0.2) is 6.29 Å². The molecular formula is C16H21NO6. The first kappa shape index (κ1) is 17.2. The van der Waals surface area contributed by atoms with Gasteiger partial charge >= 0.3 is 5.97 Å². The van der Waals surface area contributed by atoms with Crippen molar-refractivity contribution in [1.29, 1.82) is 0 Å². The molecule has 1 aromatic carbocycles. The smallest absolute Gasteiger partial charge is 0.303 e. The van der Waals surface area contributed by atoms with Crippen molar-refractivity contribution in [2.24, 2.45) is 5.16 Å². The molecular weight excluding hydrogens is 302 g/mol. The number of benzene rings is 1. The third kappa shape index (κ3) is 7.12. The van der Waals surface area contributed by atoms with Gasteiger partial charge in [0, 0.05) is 6.42 Å². The Hall–Kier alpha value is -2.12. The summed E-state index contributed by atoms with van der Waals surface area (Å²) in [5.74, 6) is -0.0896. The van der Waals surface area contributed by atoms with Crippen LogP contribution in [0.25, 0.3) is 0 Å². The molecule has 1 fully saturated rings. The lowest BCUT2D eigenvalue weighted by molar-refractivity contribution is -0.137. The number of rotatable bonds is 10. The van der Waals surface area contributed by atoms with Gasteiger partial charge in [-0.25, -0.2) is 0 Å². The first-order chi connectivity index (χ1) is 11.2. The van der Waals surface area contributed by atoms with Gasteiger partial charge in [-0.3, -0.25) is 4.79 Å². The van der Waals surface area contributed by atoms with Crippen LogP contribution in [0.5, 0.6) is 5.75 Å². The molecule has 0 spiro atoms. The average molecular weight is 323 g/mol. The Labute approximate surface area is 134 Å². The Kier molecular flexibility index (Phi) is 7.35. The highest BCUT2D eigenvalue weighted by Gasteiger charge is 2.16. The summed E-state index contributed by atoms with van der Waals surface area (Å²) in [6, 6.07) is 7.43. The number of unbranched alkanes of at least 4 members (excludes halogenated alkanes) is 1. The molecule has 0 saturated carbocycles. The average Bonchev–Trinajstić information content (AvgIpc) is 3.05. The SMILES string of the molecule is O=C(O)CCCCON=Cc1cccc(OCC2OCCO2)c1. The summed E-state index contributed by atoms with van der Waals surface area (Å²) in [5, 5.41) is 12.4. The summed E-state index contributed by atoms with van der Waals surface area (Å²) in [6.07, 6.45) is 2.68. The largest absolute Gasteiger partial charge is 0.488 e. The molecule has 0 bridgehead atoms. The number of aliphatic carboxylic acids is 1. The van der Waals surface area contributed by atoms with Crippen molar-refractivity contribution in [1.82, 2.24) is 0 Å². The first-order valence-corrected chi connectivity index (χ1v) is 7.57. The van der Waals surface area contributed by atoms with Crippen LogP contribution in [-0.2, 0) is 19.1 Å².